The highest BCUT2D eigenvalue weighted by atomic mass is 32.1. The van der Waals surface area contributed by atoms with Crippen LogP contribution in [0.25, 0.3) is 11.1 Å². The summed E-state index contributed by atoms with van der Waals surface area (Å²) in [4.78, 5) is 28.9. The van der Waals surface area contributed by atoms with Gasteiger partial charge < -0.3 is 10.6 Å². The minimum atomic E-state index is -0.117. The van der Waals surface area contributed by atoms with E-state index in [1.54, 1.807) is 11.7 Å². The van der Waals surface area contributed by atoms with Crippen LogP contribution in [0.4, 0.5) is 5.95 Å². The van der Waals surface area contributed by atoms with Gasteiger partial charge in [-0.05, 0) is 31.7 Å². The molecule has 1 aromatic carbocycles. The summed E-state index contributed by atoms with van der Waals surface area (Å²) in [5.41, 5.74) is 11.2. The number of aryl methyl sites for hydroxylation is 1. The standard InChI is InChI=1S/C20H21N5OS/c1-13-18(27-12-23-13)19(26)25-10-6-5-9-16(25)17-15(11-22-20(21)24-17)14-7-3-2-4-8-14/h2-4,7-8,11-12,16H,5-6,9-10H2,1H3,(H2,21,22,24)/t16-/m0/s1. The number of carbonyl (C=O) groups is 1. The second-order valence-corrected chi connectivity index (χ2v) is 7.52. The first-order valence-electron chi connectivity index (χ1n) is 9.04. The van der Waals surface area contributed by atoms with E-state index < -0.39 is 0 Å². The number of benzene rings is 1. The number of nitrogen functional groups attached to an aromatic ring is 1. The quantitative estimate of drug-likeness (QED) is 0.747. The minimum Gasteiger partial charge on any atom is -0.368 e. The van der Waals surface area contributed by atoms with Crippen molar-refractivity contribution in [2.45, 2.75) is 32.2 Å². The first kappa shape index (κ1) is 17.6. The highest BCUT2D eigenvalue weighted by Gasteiger charge is 2.33. The van der Waals surface area contributed by atoms with Crippen molar-refractivity contribution in [3.63, 3.8) is 0 Å². The number of hydrogen-bond donors (Lipinski definition) is 1. The third-order valence-corrected chi connectivity index (χ3v) is 5.86. The Balaban J connectivity index is 1.78. The smallest absolute Gasteiger partial charge is 0.266 e. The average Bonchev–Trinajstić information content (AvgIpc) is 3.14. The van der Waals surface area contributed by atoms with Gasteiger partial charge in [0, 0.05) is 18.3 Å². The molecule has 0 spiro atoms. The molecule has 0 saturated carbocycles. The summed E-state index contributed by atoms with van der Waals surface area (Å²) in [6.07, 6.45) is 4.66. The van der Waals surface area contributed by atoms with Crippen molar-refractivity contribution in [2.24, 2.45) is 0 Å². The Kier molecular flexibility index (Phi) is 4.85. The third-order valence-electron chi connectivity index (χ3n) is 4.94. The molecular formula is C20H21N5OS. The van der Waals surface area contributed by atoms with Crippen molar-refractivity contribution in [1.29, 1.82) is 0 Å². The Hall–Kier alpha value is -2.80. The van der Waals surface area contributed by atoms with Gasteiger partial charge in [-0.2, -0.15) is 0 Å². The zero-order valence-corrected chi connectivity index (χ0v) is 15.9. The molecule has 0 bridgehead atoms. The van der Waals surface area contributed by atoms with E-state index in [9.17, 15) is 4.79 Å². The van der Waals surface area contributed by atoms with Crippen LogP contribution in [0.3, 0.4) is 0 Å². The molecule has 0 aliphatic carbocycles. The van der Waals surface area contributed by atoms with Crippen LogP contribution in [-0.4, -0.2) is 32.3 Å². The molecule has 1 aliphatic rings. The molecular weight excluding hydrogens is 358 g/mol. The Morgan fingerprint density at radius 1 is 1.22 bits per heavy atom. The lowest BCUT2D eigenvalue weighted by atomic mass is 9.93. The topological polar surface area (TPSA) is 85.0 Å². The minimum absolute atomic E-state index is 0.0240. The fourth-order valence-corrected chi connectivity index (χ4v) is 4.36. The van der Waals surface area contributed by atoms with Gasteiger partial charge in [-0.25, -0.2) is 15.0 Å². The van der Waals surface area contributed by atoms with Gasteiger partial charge in [-0.1, -0.05) is 30.3 Å². The van der Waals surface area contributed by atoms with Crippen LogP contribution in [-0.2, 0) is 0 Å². The normalized spacial score (nSPS) is 17.1. The number of nitrogens with two attached hydrogens (primary N) is 1. The van der Waals surface area contributed by atoms with E-state index in [0.717, 1.165) is 41.8 Å². The molecule has 4 rings (SSSR count). The molecule has 0 unspecified atom stereocenters. The number of hydrogen-bond acceptors (Lipinski definition) is 6. The van der Waals surface area contributed by atoms with Gasteiger partial charge in [0.05, 0.1) is 22.9 Å². The van der Waals surface area contributed by atoms with Crippen LogP contribution >= 0.6 is 11.3 Å². The molecule has 6 nitrogen and oxygen atoms in total. The molecule has 3 heterocycles. The second-order valence-electron chi connectivity index (χ2n) is 6.67. The maximum atomic E-state index is 13.2. The molecule has 7 heteroatoms. The summed E-state index contributed by atoms with van der Waals surface area (Å²) in [5, 5.41) is 0. The van der Waals surface area contributed by atoms with Gasteiger partial charge in [0.15, 0.2) is 0 Å². The van der Waals surface area contributed by atoms with Crippen LogP contribution in [0.2, 0.25) is 0 Å². The number of amides is 1. The number of carbonyl (C=O) groups excluding carboxylic acids is 1. The van der Waals surface area contributed by atoms with E-state index in [1.807, 2.05) is 42.2 Å². The number of nitrogens with zero attached hydrogens (tertiary/aromatic N) is 4. The Morgan fingerprint density at radius 3 is 2.78 bits per heavy atom. The number of aromatic nitrogens is 3. The fraction of sp³-hybridized carbons (Fsp3) is 0.300. The van der Waals surface area contributed by atoms with Crippen LogP contribution in [0.1, 0.15) is 46.4 Å². The van der Waals surface area contributed by atoms with Crippen LogP contribution in [0.5, 0.6) is 0 Å². The van der Waals surface area contributed by atoms with E-state index in [2.05, 4.69) is 15.0 Å². The predicted molar refractivity (Wildman–Crippen MR) is 106 cm³/mol. The van der Waals surface area contributed by atoms with Crippen molar-refractivity contribution in [2.75, 3.05) is 12.3 Å². The summed E-state index contributed by atoms with van der Waals surface area (Å²) < 4.78 is 0. The predicted octanol–water partition coefficient (Wildman–Crippen LogP) is 3.86. The Bertz CT molecular complexity index is 956. The fourth-order valence-electron chi connectivity index (χ4n) is 3.60. The highest BCUT2D eigenvalue weighted by Crippen LogP contribution is 2.37. The number of rotatable bonds is 3. The van der Waals surface area contributed by atoms with Gasteiger partial charge >= 0.3 is 0 Å². The summed E-state index contributed by atoms with van der Waals surface area (Å²) in [6, 6.07) is 9.89. The molecule has 0 radical (unpaired) electrons. The maximum absolute atomic E-state index is 13.2. The highest BCUT2D eigenvalue weighted by molar-refractivity contribution is 7.11. The van der Waals surface area contributed by atoms with E-state index in [4.69, 9.17) is 5.73 Å². The molecule has 27 heavy (non-hydrogen) atoms. The van der Waals surface area contributed by atoms with Crippen molar-refractivity contribution in [1.82, 2.24) is 19.9 Å². The molecule has 1 amide bonds. The molecule has 2 aromatic heterocycles. The van der Waals surface area contributed by atoms with E-state index >= 15 is 0 Å². The van der Waals surface area contributed by atoms with Gasteiger partial charge in [0.25, 0.3) is 5.91 Å². The summed E-state index contributed by atoms with van der Waals surface area (Å²) in [5.74, 6) is 0.257. The van der Waals surface area contributed by atoms with Gasteiger partial charge in [0.2, 0.25) is 5.95 Å². The average molecular weight is 379 g/mol. The number of likely N-dealkylation sites (tertiary alicyclic amines) is 1. The van der Waals surface area contributed by atoms with E-state index in [1.165, 1.54) is 11.3 Å². The van der Waals surface area contributed by atoms with Crippen molar-refractivity contribution < 1.29 is 4.79 Å². The van der Waals surface area contributed by atoms with Crippen molar-refractivity contribution in [3.8, 4) is 11.1 Å². The number of thiazole rings is 1. The number of piperidine rings is 1. The summed E-state index contributed by atoms with van der Waals surface area (Å²) in [7, 11) is 0. The van der Waals surface area contributed by atoms with E-state index in [0.29, 0.717) is 11.4 Å². The lowest BCUT2D eigenvalue weighted by molar-refractivity contribution is 0.0611. The molecule has 3 aromatic rings. The van der Waals surface area contributed by atoms with Gasteiger partial charge in [0.1, 0.15) is 4.88 Å². The molecule has 1 fully saturated rings. The van der Waals surface area contributed by atoms with Gasteiger partial charge in [-0.15, -0.1) is 11.3 Å². The van der Waals surface area contributed by atoms with E-state index in [-0.39, 0.29) is 17.9 Å². The molecule has 1 atom stereocenters. The summed E-state index contributed by atoms with van der Waals surface area (Å²) >= 11 is 1.39. The SMILES string of the molecule is Cc1ncsc1C(=O)N1CCCC[C@H]1c1nc(N)ncc1-c1ccccc1. The zero-order valence-electron chi connectivity index (χ0n) is 15.1. The third kappa shape index (κ3) is 3.42. The maximum Gasteiger partial charge on any atom is 0.266 e. The lowest BCUT2D eigenvalue weighted by Gasteiger charge is -2.36. The Labute approximate surface area is 162 Å². The largest absolute Gasteiger partial charge is 0.368 e. The summed E-state index contributed by atoms with van der Waals surface area (Å²) in [6.45, 7) is 2.58. The van der Waals surface area contributed by atoms with Crippen molar-refractivity contribution in [3.05, 3.63) is 58.3 Å². The van der Waals surface area contributed by atoms with Crippen LogP contribution in [0.15, 0.2) is 42.0 Å². The first-order valence-corrected chi connectivity index (χ1v) is 9.92. The number of anilines is 1. The monoisotopic (exact) mass is 379 g/mol. The Morgan fingerprint density at radius 2 is 2.04 bits per heavy atom. The van der Waals surface area contributed by atoms with Gasteiger partial charge in [-0.3, -0.25) is 4.79 Å². The van der Waals surface area contributed by atoms with Crippen molar-refractivity contribution >= 4 is 23.2 Å². The molecule has 138 valence electrons. The first-order chi connectivity index (χ1) is 13.1. The lowest BCUT2D eigenvalue weighted by Crippen LogP contribution is -2.39. The second kappa shape index (κ2) is 7.44. The van der Waals surface area contributed by atoms with Crippen LogP contribution < -0.4 is 5.73 Å². The molecule has 1 aliphatic heterocycles. The molecule has 2 N–H and O–H groups in total. The molecule has 1 saturated heterocycles. The van der Waals surface area contributed by atoms with Crippen LogP contribution in [0, 0.1) is 6.92 Å². The zero-order chi connectivity index (χ0) is 18.8.